The fourth-order valence-corrected chi connectivity index (χ4v) is 2.13. The summed E-state index contributed by atoms with van der Waals surface area (Å²) in [5, 5.41) is 0. The molecule has 0 bridgehead atoms. The molecule has 4 heteroatoms. The molecule has 1 saturated heterocycles. The number of hydrogen-bond acceptors (Lipinski definition) is 3. The van der Waals surface area contributed by atoms with Gasteiger partial charge in [-0.2, -0.15) is 0 Å². The van der Waals surface area contributed by atoms with Crippen LogP contribution in [0.25, 0.3) is 0 Å². The number of amides is 1. The van der Waals surface area contributed by atoms with Gasteiger partial charge in [0.15, 0.2) is 0 Å². The molecule has 4 nitrogen and oxygen atoms in total. The summed E-state index contributed by atoms with van der Waals surface area (Å²) >= 11 is 0. The SMILES string of the molecule is CCCCN(CCN)C(=O)C1CCOC1C. The maximum atomic E-state index is 12.2. The van der Waals surface area contributed by atoms with Gasteiger partial charge in [-0.1, -0.05) is 13.3 Å². The van der Waals surface area contributed by atoms with Crippen molar-refractivity contribution in [3.05, 3.63) is 0 Å². The van der Waals surface area contributed by atoms with E-state index in [4.69, 9.17) is 10.5 Å². The number of hydrogen-bond donors (Lipinski definition) is 1. The number of carbonyl (C=O) groups excluding carboxylic acids is 1. The van der Waals surface area contributed by atoms with Crippen molar-refractivity contribution in [3.63, 3.8) is 0 Å². The van der Waals surface area contributed by atoms with E-state index in [-0.39, 0.29) is 17.9 Å². The van der Waals surface area contributed by atoms with Crippen LogP contribution in [0.15, 0.2) is 0 Å². The van der Waals surface area contributed by atoms with E-state index < -0.39 is 0 Å². The molecule has 1 aliphatic heterocycles. The van der Waals surface area contributed by atoms with Crippen molar-refractivity contribution >= 4 is 5.91 Å². The monoisotopic (exact) mass is 228 g/mol. The van der Waals surface area contributed by atoms with Gasteiger partial charge in [0.2, 0.25) is 5.91 Å². The van der Waals surface area contributed by atoms with Crippen LogP contribution in [-0.2, 0) is 9.53 Å². The van der Waals surface area contributed by atoms with Crippen LogP contribution in [0.3, 0.4) is 0 Å². The molecular formula is C12H24N2O2. The van der Waals surface area contributed by atoms with E-state index in [0.717, 1.165) is 25.8 Å². The van der Waals surface area contributed by atoms with Crippen LogP contribution >= 0.6 is 0 Å². The first-order valence-electron chi connectivity index (χ1n) is 6.31. The normalized spacial score (nSPS) is 24.7. The highest BCUT2D eigenvalue weighted by Gasteiger charge is 2.33. The van der Waals surface area contributed by atoms with E-state index >= 15 is 0 Å². The molecule has 1 aliphatic rings. The molecule has 94 valence electrons. The molecule has 1 fully saturated rings. The van der Waals surface area contributed by atoms with Gasteiger partial charge < -0.3 is 15.4 Å². The number of nitrogens with zero attached hydrogens (tertiary/aromatic N) is 1. The largest absolute Gasteiger partial charge is 0.378 e. The summed E-state index contributed by atoms with van der Waals surface area (Å²) in [7, 11) is 0. The smallest absolute Gasteiger partial charge is 0.228 e. The Morgan fingerprint density at radius 3 is 2.75 bits per heavy atom. The van der Waals surface area contributed by atoms with Gasteiger partial charge >= 0.3 is 0 Å². The van der Waals surface area contributed by atoms with E-state index in [1.54, 1.807) is 0 Å². The van der Waals surface area contributed by atoms with Crippen molar-refractivity contribution < 1.29 is 9.53 Å². The third kappa shape index (κ3) is 3.46. The minimum atomic E-state index is 0.0448. The van der Waals surface area contributed by atoms with E-state index in [1.165, 1.54) is 0 Å². The fraction of sp³-hybridized carbons (Fsp3) is 0.917. The summed E-state index contributed by atoms with van der Waals surface area (Å²) in [5.41, 5.74) is 5.55. The lowest BCUT2D eigenvalue weighted by Gasteiger charge is -2.26. The zero-order valence-corrected chi connectivity index (χ0v) is 10.4. The maximum absolute atomic E-state index is 12.2. The van der Waals surface area contributed by atoms with Crippen molar-refractivity contribution in [1.29, 1.82) is 0 Å². The van der Waals surface area contributed by atoms with Crippen molar-refractivity contribution in [1.82, 2.24) is 4.90 Å². The predicted octanol–water partition coefficient (Wildman–Crippen LogP) is 0.999. The van der Waals surface area contributed by atoms with Crippen molar-refractivity contribution in [2.75, 3.05) is 26.2 Å². The first-order valence-corrected chi connectivity index (χ1v) is 6.31. The summed E-state index contributed by atoms with van der Waals surface area (Å²) < 4.78 is 5.44. The van der Waals surface area contributed by atoms with Crippen LogP contribution in [0.4, 0.5) is 0 Å². The highest BCUT2D eigenvalue weighted by molar-refractivity contribution is 5.79. The number of carbonyl (C=O) groups is 1. The molecule has 2 unspecified atom stereocenters. The molecule has 2 N–H and O–H groups in total. The molecule has 0 aromatic rings. The minimum absolute atomic E-state index is 0.0448. The van der Waals surface area contributed by atoms with Gasteiger partial charge in [-0.15, -0.1) is 0 Å². The van der Waals surface area contributed by atoms with Crippen LogP contribution in [0.5, 0.6) is 0 Å². The van der Waals surface area contributed by atoms with Crippen LogP contribution < -0.4 is 5.73 Å². The summed E-state index contributed by atoms with van der Waals surface area (Å²) in [6.07, 6.45) is 3.07. The second-order valence-corrected chi connectivity index (χ2v) is 4.44. The second kappa shape index (κ2) is 6.86. The average Bonchev–Trinajstić information content (AvgIpc) is 2.69. The molecule has 0 spiro atoms. The van der Waals surface area contributed by atoms with E-state index in [1.807, 2.05) is 11.8 Å². The Morgan fingerprint density at radius 2 is 2.25 bits per heavy atom. The molecule has 1 heterocycles. The van der Waals surface area contributed by atoms with E-state index in [2.05, 4.69) is 6.92 Å². The van der Waals surface area contributed by atoms with Crippen molar-refractivity contribution in [2.24, 2.45) is 11.7 Å². The standard InChI is InChI=1S/C12H24N2O2/c1-3-4-7-14(8-6-13)12(15)11-5-9-16-10(11)2/h10-11H,3-9,13H2,1-2H3. The molecule has 2 atom stereocenters. The molecule has 0 aromatic heterocycles. The van der Waals surface area contributed by atoms with E-state index in [9.17, 15) is 4.79 Å². The quantitative estimate of drug-likeness (QED) is 0.738. The highest BCUT2D eigenvalue weighted by Crippen LogP contribution is 2.22. The third-order valence-electron chi connectivity index (χ3n) is 3.19. The Labute approximate surface area is 98.1 Å². The third-order valence-corrected chi connectivity index (χ3v) is 3.19. The average molecular weight is 228 g/mol. The van der Waals surface area contributed by atoms with Crippen LogP contribution in [-0.4, -0.2) is 43.2 Å². The first-order chi connectivity index (χ1) is 7.70. The Kier molecular flexibility index (Phi) is 5.77. The van der Waals surface area contributed by atoms with Crippen LogP contribution in [0, 0.1) is 5.92 Å². The first kappa shape index (κ1) is 13.5. The maximum Gasteiger partial charge on any atom is 0.228 e. The van der Waals surface area contributed by atoms with Crippen LogP contribution in [0.2, 0.25) is 0 Å². The van der Waals surface area contributed by atoms with Gasteiger partial charge in [-0.05, 0) is 19.8 Å². The molecular weight excluding hydrogens is 204 g/mol. The Morgan fingerprint density at radius 1 is 1.50 bits per heavy atom. The number of rotatable bonds is 6. The molecule has 0 saturated carbocycles. The number of unbranched alkanes of at least 4 members (excludes halogenated alkanes) is 1. The lowest BCUT2D eigenvalue weighted by Crippen LogP contribution is -2.41. The molecule has 0 aliphatic carbocycles. The summed E-state index contributed by atoms with van der Waals surface area (Å²) in [5.74, 6) is 0.271. The lowest BCUT2D eigenvalue weighted by molar-refractivity contribution is -0.137. The van der Waals surface area contributed by atoms with Gasteiger partial charge in [0.05, 0.1) is 12.0 Å². The Hall–Kier alpha value is -0.610. The van der Waals surface area contributed by atoms with Crippen molar-refractivity contribution in [3.8, 4) is 0 Å². The molecule has 1 rings (SSSR count). The molecule has 0 radical (unpaired) electrons. The van der Waals surface area contributed by atoms with Gasteiger partial charge in [-0.25, -0.2) is 0 Å². The molecule has 0 aromatic carbocycles. The molecule has 16 heavy (non-hydrogen) atoms. The van der Waals surface area contributed by atoms with Gasteiger partial charge in [0, 0.05) is 26.2 Å². The number of ether oxygens (including phenoxy) is 1. The summed E-state index contributed by atoms with van der Waals surface area (Å²) in [6.45, 7) is 6.86. The van der Waals surface area contributed by atoms with E-state index in [0.29, 0.717) is 19.7 Å². The van der Waals surface area contributed by atoms with Crippen LogP contribution in [0.1, 0.15) is 33.1 Å². The topological polar surface area (TPSA) is 55.6 Å². The zero-order chi connectivity index (χ0) is 12.0. The number of nitrogens with two attached hydrogens (primary N) is 1. The fourth-order valence-electron chi connectivity index (χ4n) is 2.13. The van der Waals surface area contributed by atoms with Gasteiger partial charge in [0.1, 0.15) is 0 Å². The molecule has 1 amide bonds. The predicted molar refractivity (Wildman–Crippen MR) is 64.1 cm³/mol. The van der Waals surface area contributed by atoms with Crippen molar-refractivity contribution in [2.45, 2.75) is 39.2 Å². The minimum Gasteiger partial charge on any atom is -0.378 e. The second-order valence-electron chi connectivity index (χ2n) is 4.44. The lowest BCUT2D eigenvalue weighted by atomic mass is 10.0. The Bertz CT molecular complexity index is 221. The Balaban J connectivity index is 2.51. The van der Waals surface area contributed by atoms with Gasteiger partial charge in [0.25, 0.3) is 0 Å². The zero-order valence-electron chi connectivity index (χ0n) is 10.4. The summed E-state index contributed by atoms with van der Waals surface area (Å²) in [6, 6.07) is 0. The highest BCUT2D eigenvalue weighted by atomic mass is 16.5. The van der Waals surface area contributed by atoms with Gasteiger partial charge in [-0.3, -0.25) is 4.79 Å². The summed E-state index contributed by atoms with van der Waals surface area (Å²) in [4.78, 5) is 14.1.